The fraction of sp³-hybridized carbons (Fsp3) is 0.571. The molecule has 4 heteroatoms. The topological polar surface area (TPSA) is 24.9 Å². The van der Waals surface area contributed by atoms with E-state index in [1.165, 1.54) is 11.3 Å². The number of benzene rings is 1. The Hall–Kier alpha value is -1.42. The van der Waals surface area contributed by atoms with Crippen LogP contribution in [0.4, 0.5) is 5.69 Å². The van der Waals surface area contributed by atoms with Crippen molar-refractivity contribution in [3.8, 4) is 11.5 Å². The number of hydrogen-bond donors (Lipinski definition) is 0. The van der Waals surface area contributed by atoms with Crippen LogP contribution in [-0.4, -0.2) is 51.3 Å². The van der Waals surface area contributed by atoms with Gasteiger partial charge in [-0.2, -0.15) is 0 Å². The van der Waals surface area contributed by atoms with Crippen LogP contribution < -0.4 is 14.4 Å². The van der Waals surface area contributed by atoms with Gasteiger partial charge in [0, 0.05) is 26.2 Å². The summed E-state index contributed by atoms with van der Waals surface area (Å²) < 4.78 is 11.5. The molecule has 0 saturated carbocycles. The number of rotatable bonds is 1. The van der Waals surface area contributed by atoms with Gasteiger partial charge in [-0.05, 0) is 31.7 Å². The van der Waals surface area contributed by atoms with Gasteiger partial charge < -0.3 is 19.3 Å². The Morgan fingerprint density at radius 2 is 1.72 bits per heavy atom. The molecule has 0 unspecified atom stereocenters. The van der Waals surface area contributed by atoms with E-state index < -0.39 is 0 Å². The Balaban J connectivity index is 1.93. The van der Waals surface area contributed by atoms with Crippen LogP contribution in [0, 0.1) is 6.92 Å². The molecule has 0 amide bonds. The summed E-state index contributed by atoms with van der Waals surface area (Å²) in [6.45, 7) is 7.71. The minimum atomic E-state index is 0.650. The molecule has 4 nitrogen and oxygen atoms in total. The molecule has 2 aliphatic heterocycles. The molecule has 1 aromatic rings. The molecule has 0 radical (unpaired) electrons. The Morgan fingerprint density at radius 3 is 2.50 bits per heavy atom. The van der Waals surface area contributed by atoms with E-state index in [1.54, 1.807) is 0 Å². The largest absolute Gasteiger partial charge is 0.486 e. The maximum absolute atomic E-state index is 5.81. The molecule has 0 aromatic heterocycles. The number of likely N-dealkylation sites (N-methyl/N-ethyl adjacent to an activating group) is 1. The van der Waals surface area contributed by atoms with Crippen LogP contribution in [0.15, 0.2) is 12.1 Å². The molecule has 1 saturated heterocycles. The van der Waals surface area contributed by atoms with E-state index in [9.17, 15) is 0 Å². The average Bonchev–Trinajstić information content (AvgIpc) is 2.38. The second-order valence-electron chi connectivity index (χ2n) is 5.10. The van der Waals surface area contributed by atoms with Crippen LogP contribution >= 0.6 is 0 Å². The lowest BCUT2D eigenvalue weighted by atomic mass is 10.1. The van der Waals surface area contributed by atoms with Gasteiger partial charge in [-0.25, -0.2) is 0 Å². The molecular weight excluding hydrogens is 228 g/mol. The van der Waals surface area contributed by atoms with Crippen molar-refractivity contribution in [2.45, 2.75) is 6.92 Å². The van der Waals surface area contributed by atoms with E-state index >= 15 is 0 Å². The molecule has 3 rings (SSSR count). The summed E-state index contributed by atoms with van der Waals surface area (Å²) in [5.74, 6) is 1.83. The summed E-state index contributed by atoms with van der Waals surface area (Å²) in [6, 6.07) is 4.27. The van der Waals surface area contributed by atoms with Crippen LogP contribution in [0.3, 0.4) is 0 Å². The second kappa shape index (κ2) is 4.69. The third kappa shape index (κ3) is 2.12. The van der Waals surface area contributed by atoms with E-state index in [1.807, 2.05) is 0 Å². The standard InChI is InChI=1S/C14H20N2O2/c1-11-9-12(16-5-3-15(2)4-6-16)14-13(10-11)17-7-8-18-14/h9-10H,3-8H2,1-2H3. The monoisotopic (exact) mass is 248 g/mol. The lowest BCUT2D eigenvalue weighted by Gasteiger charge is -2.36. The van der Waals surface area contributed by atoms with E-state index in [0.29, 0.717) is 13.2 Å². The molecule has 0 bridgehead atoms. The molecule has 2 heterocycles. The van der Waals surface area contributed by atoms with Crippen LogP contribution in [0.25, 0.3) is 0 Å². The van der Waals surface area contributed by atoms with Gasteiger partial charge in [0.2, 0.25) is 0 Å². The molecule has 0 aliphatic carbocycles. The highest BCUT2D eigenvalue weighted by atomic mass is 16.6. The predicted octanol–water partition coefficient (Wildman–Crippen LogP) is 1.52. The first-order valence-electron chi connectivity index (χ1n) is 6.58. The molecule has 0 spiro atoms. The summed E-state index contributed by atoms with van der Waals surface area (Å²) >= 11 is 0. The second-order valence-corrected chi connectivity index (χ2v) is 5.10. The Labute approximate surface area is 108 Å². The number of aryl methyl sites for hydroxylation is 1. The van der Waals surface area contributed by atoms with Crippen molar-refractivity contribution in [2.24, 2.45) is 0 Å². The molecule has 18 heavy (non-hydrogen) atoms. The number of piperazine rings is 1. The zero-order chi connectivity index (χ0) is 12.5. The molecule has 98 valence electrons. The Bertz CT molecular complexity index is 440. The number of nitrogens with zero attached hydrogens (tertiary/aromatic N) is 2. The van der Waals surface area contributed by atoms with Gasteiger partial charge in [-0.15, -0.1) is 0 Å². The average molecular weight is 248 g/mol. The van der Waals surface area contributed by atoms with Crippen LogP contribution in [0.5, 0.6) is 11.5 Å². The minimum Gasteiger partial charge on any atom is -0.486 e. The Kier molecular flexibility index (Phi) is 3.04. The zero-order valence-corrected chi connectivity index (χ0v) is 11.1. The molecule has 1 aromatic carbocycles. The van der Waals surface area contributed by atoms with Gasteiger partial charge in [0.1, 0.15) is 13.2 Å². The highest BCUT2D eigenvalue weighted by Crippen LogP contribution is 2.41. The molecular formula is C14H20N2O2. The van der Waals surface area contributed by atoms with Crippen LogP contribution in [0.1, 0.15) is 5.56 Å². The fourth-order valence-electron chi connectivity index (χ4n) is 2.55. The maximum Gasteiger partial charge on any atom is 0.184 e. The normalized spacial score (nSPS) is 20.0. The van der Waals surface area contributed by atoms with Crippen LogP contribution in [-0.2, 0) is 0 Å². The highest BCUT2D eigenvalue weighted by Gasteiger charge is 2.23. The van der Waals surface area contributed by atoms with E-state index in [2.05, 4.69) is 35.9 Å². The minimum absolute atomic E-state index is 0.650. The third-order valence-electron chi connectivity index (χ3n) is 3.61. The number of hydrogen-bond acceptors (Lipinski definition) is 4. The SMILES string of the molecule is Cc1cc2c(c(N3CCN(C)CC3)c1)OCCO2. The summed E-state index contributed by atoms with van der Waals surface area (Å²) in [5, 5.41) is 0. The Morgan fingerprint density at radius 1 is 1.00 bits per heavy atom. The molecule has 0 N–H and O–H groups in total. The van der Waals surface area contributed by atoms with Crippen molar-refractivity contribution in [1.82, 2.24) is 4.90 Å². The van der Waals surface area contributed by atoms with Crippen LogP contribution in [0.2, 0.25) is 0 Å². The van der Waals surface area contributed by atoms with E-state index in [-0.39, 0.29) is 0 Å². The summed E-state index contributed by atoms with van der Waals surface area (Å²) in [6.07, 6.45) is 0. The molecule has 2 aliphatic rings. The van der Waals surface area contributed by atoms with Crippen molar-refractivity contribution in [2.75, 3.05) is 51.3 Å². The number of anilines is 1. The highest BCUT2D eigenvalue weighted by molar-refractivity contribution is 5.67. The lowest BCUT2D eigenvalue weighted by molar-refractivity contribution is 0.171. The van der Waals surface area contributed by atoms with Crippen molar-refractivity contribution < 1.29 is 9.47 Å². The smallest absolute Gasteiger partial charge is 0.184 e. The quantitative estimate of drug-likeness (QED) is 0.752. The first kappa shape index (κ1) is 11.7. The van der Waals surface area contributed by atoms with Gasteiger partial charge in [0.05, 0.1) is 5.69 Å². The van der Waals surface area contributed by atoms with Crippen molar-refractivity contribution in [1.29, 1.82) is 0 Å². The van der Waals surface area contributed by atoms with Crippen molar-refractivity contribution in [3.63, 3.8) is 0 Å². The van der Waals surface area contributed by atoms with Gasteiger partial charge in [-0.1, -0.05) is 0 Å². The van der Waals surface area contributed by atoms with Gasteiger partial charge in [-0.3, -0.25) is 0 Å². The third-order valence-corrected chi connectivity index (χ3v) is 3.61. The van der Waals surface area contributed by atoms with E-state index in [4.69, 9.17) is 9.47 Å². The molecule has 0 atom stereocenters. The van der Waals surface area contributed by atoms with Gasteiger partial charge in [0.15, 0.2) is 11.5 Å². The first-order valence-corrected chi connectivity index (χ1v) is 6.58. The summed E-state index contributed by atoms with van der Waals surface area (Å²) in [5.41, 5.74) is 2.42. The molecule has 1 fully saturated rings. The zero-order valence-electron chi connectivity index (χ0n) is 11.1. The van der Waals surface area contributed by atoms with Gasteiger partial charge >= 0.3 is 0 Å². The summed E-state index contributed by atoms with van der Waals surface area (Å²) in [4.78, 5) is 4.76. The van der Waals surface area contributed by atoms with Crippen molar-refractivity contribution in [3.05, 3.63) is 17.7 Å². The first-order chi connectivity index (χ1) is 8.74. The predicted molar refractivity (Wildman–Crippen MR) is 71.9 cm³/mol. The van der Waals surface area contributed by atoms with E-state index in [0.717, 1.165) is 37.7 Å². The lowest BCUT2D eigenvalue weighted by Crippen LogP contribution is -2.44. The fourth-order valence-corrected chi connectivity index (χ4v) is 2.55. The summed E-state index contributed by atoms with van der Waals surface area (Å²) in [7, 11) is 2.17. The number of fused-ring (bicyclic) bond motifs is 1. The van der Waals surface area contributed by atoms with Gasteiger partial charge in [0.25, 0.3) is 0 Å². The maximum atomic E-state index is 5.81. The number of ether oxygens (including phenoxy) is 2. The van der Waals surface area contributed by atoms with Crippen molar-refractivity contribution >= 4 is 5.69 Å².